The van der Waals surface area contributed by atoms with E-state index in [1.165, 1.54) is 0 Å². The molecule has 0 aliphatic heterocycles. The number of rotatable bonds is 0. The van der Waals surface area contributed by atoms with Crippen LogP contribution in [0.3, 0.4) is 0 Å². The molecule has 0 aromatic heterocycles. The summed E-state index contributed by atoms with van der Waals surface area (Å²) in [5, 5.41) is 23.5. The minimum Gasteiger partial charge on any atom is -0.357 e. The average Bonchev–Trinajstić information content (AvgIpc) is 1.84. The van der Waals surface area contributed by atoms with Gasteiger partial charge in [0.2, 0.25) is 0 Å². The number of aliphatic hydroxyl groups is 1. The fourth-order valence-electron chi connectivity index (χ4n) is 0.152. The Hall–Kier alpha value is -1.27. The number of hydrogen-bond donors (Lipinski definition) is 1. The summed E-state index contributed by atoms with van der Waals surface area (Å²) in [7, 11) is 0. The summed E-state index contributed by atoms with van der Waals surface area (Å²) in [5.74, 6) is 0. The van der Waals surface area contributed by atoms with Crippen molar-refractivity contribution < 1.29 is 18.3 Å². The van der Waals surface area contributed by atoms with Crippen molar-refractivity contribution in [3.05, 3.63) is 0 Å². The van der Waals surface area contributed by atoms with E-state index in [4.69, 9.17) is 15.6 Å². The zero-order valence-electron chi connectivity index (χ0n) is 4.48. The Labute approximate surface area is 53.9 Å². The van der Waals surface area contributed by atoms with Crippen LogP contribution in [0.25, 0.3) is 0 Å². The molecule has 0 bridgehead atoms. The van der Waals surface area contributed by atoms with E-state index in [1.54, 1.807) is 0 Å². The van der Waals surface area contributed by atoms with E-state index in [1.807, 2.05) is 0 Å². The molecule has 1 N–H and O–H groups in total. The van der Waals surface area contributed by atoms with Gasteiger partial charge in [-0.25, -0.2) is 0 Å². The van der Waals surface area contributed by atoms with Crippen LogP contribution in [0.5, 0.6) is 0 Å². The second kappa shape index (κ2) is 2.16. The minimum absolute atomic E-state index is 0.438. The van der Waals surface area contributed by atoms with Gasteiger partial charge in [-0.2, -0.15) is 23.7 Å². The lowest BCUT2D eigenvalue weighted by Gasteiger charge is -2.13. The smallest absolute Gasteiger partial charge is 0.357 e. The molecule has 0 fully saturated rings. The molecule has 0 unspecified atom stereocenters. The van der Waals surface area contributed by atoms with Crippen LogP contribution in [0.2, 0.25) is 0 Å². The molecule has 0 aliphatic rings. The van der Waals surface area contributed by atoms with Crippen LogP contribution in [0.15, 0.2) is 0 Å². The molecule has 0 aromatic carbocycles. The van der Waals surface area contributed by atoms with Crippen LogP contribution < -0.4 is 0 Å². The number of nitriles is 2. The summed E-state index contributed by atoms with van der Waals surface area (Å²) >= 11 is 0. The predicted octanol–water partition coefficient (Wildman–Crippen LogP) is 0.327. The van der Waals surface area contributed by atoms with E-state index in [-0.39, 0.29) is 0 Å². The van der Waals surface area contributed by atoms with Gasteiger partial charge in [0, 0.05) is 0 Å². The molecular formula is C4HF3N2O. The monoisotopic (exact) mass is 150 g/mol. The lowest BCUT2D eigenvalue weighted by molar-refractivity contribution is -0.214. The van der Waals surface area contributed by atoms with Crippen LogP contribution in [0.4, 0.5) is 13.2 Å². The number of nitrogens with zero attached hydrogens (tertiary/aromatic N) is 2. The van der Waals surface area contributed by atoms with E-state index in [2.05, 4.69) is 0 Å². The largest absolute Gasteiger partial charge is 0.445 e. The van der Waals surface area contributed by atoms with Crippen molar-refractivity contribution >= 4 is 0 Å². The van der Waals surface area contributed by atoms with E-state index in [0.717, 1.165) is 0 Å². The summed E-state index contributed by atoms with van der Waals surface area (Å²) in [4.78, 5) is 0. The Bertz CT molecular complexity index is 194. The van der Waals surface area contributed by atoms with Gasteiger partial charge in [0.05, 0.1) is 0 Å². The highest BCUT2D eigenvalue weighted by molar-refractivity contribution is 5.20. The highest BCUT2D eigenvalue weighted by Gasteiger charge is 2.55. The molecular weight excluding hydrogens is 149 g/mol. The summed E-state index contributed by atoms with van der Waals surface area (Å²) in [6.45, 7) is 0. The molecule has 0 aromatic rings. The molecule has 0 saturated carbocycles. The van der Waals surface area contributed by atoms with Crippen LogP contribution in [0, 0.1) is 22.7 Å². The van der Waals surface area contributed by atoms with Crippen molar-refractivity contribution in [2.24, 2.45) is 0 Å². The molecule has 6 heteroatoms. The molecule has 0 heterocycles. The number of halogens is 3. The first-order chi connectivity index (χ1) is 4.37. The topological polar surface area (TPSA) is 67.8 Å². The first kappa shape index (κ1) is 8.73. The van der Waals surface area contributed by atoms with Crippen LogP contribution in [0.1, 0.15) is 0 Å². The lowest BCUT2D eigenvalue weighted by Crippen LogP contribution is -2.42. The van der Waals surface area contributed by atoms with Crippen LogP contribution in [-0.2, 0) is 0 Å². The Kier molecular flexibility index (Phi) is 1.89. The van der Waals surface area contributed by atoms with Gasteiger partial charge < -0.3 is 5.11 Å². The lowest BCUT2D eigenvalue weighted by atomic mass is 10.1. The molecule has 3 nitrogen and oxygen atoms in total. The number of hydrogen-bond acceptors (Lipinski definition) is 3. The van der Waals surface area contributed by atoms with Gasteiger partial charge >= 0.3 is 11.8 Å². The molecule has 0 radical (unpaired) electrons. The molecule has 0 spiro atoms. The highest BCUT2D eigenvalue weighted by atomic mass is 19.4. The van der Waals surface area contributed by atoms with Crippen molar-refractivity contribution in [3.8, 4) is 12.1 Å². The molecule has 10 heavy (non-hydrogen) atoms. The quantitative estimate of drug-likeness (QED) is 0.506. The Balaban J connectivity index is 4.77. The summed E-state index contributed by atoms with van der Waals surface area (Å²) < 4.78 is 34.2. The zero-order chi connectivity index (χ0) is 8.41. The van der Waals surface area contributed by atoms with E-state index in [0.29, 0.717) is 12.1 Å². The normalized spacial score (nSPS) is 11.8. The first-order valence-corrected chi connectivity index (χ1v) is 1.99. The molecule has 54 valence electrons. The SMILES string of the molecule is N#CC(O)(C#N)C(F)(F)F. The second-order valence-corrected chi connectivity index (χ2v) is 1.43. The maximum Gasteiger partial charge on any atom is 0.445 e. The van der Waals surface area contributed by atoms with Crippen LogP contribution in [-0.4, -0.2) is 16.9 Å². The van der Waals surface area contributed by atoms with E-state index in [9.17, 15) is 13.2 Å². The van der Waals surface area contributed by atoms with Crippen molar-refractivity contribution in [2.45, 2.75) is 11.8 Å². The molecule has 0 atom stereocenters. The van der Waals surface area contributed by atoms with Gasteiger partial charge in [-0.3, -0.25) is 0 Å². The van der Waals surface area contributed by atoms with E-state index < -0.39 is 11.8 Å². The van der Waals surface area contributed by atoms with Crippen LogP contribution >= 0.6 is 0 Å². The van der Waals surface area contributed by atoms with Crippen molar-refractivity contribution in [1.29, 1.82) is 10.5 Å². The summed E-state index contributed by atoms with van der Waals surface area (Å²) in [6.07, 6.45) is -5.21. The van der Waals surface area contributed by atoms with Gasteiger partial charge in [0.15, 0.2) is 0 Å². The Morgan fingerprint density at radius 2 is 1.40 bits per heavy atom. The second-order valence-electron chi connectivity index (χ2n) is 1.43. The Morgan fingerprint density at radius 3 is 1.40 bits per heavy atom. The maximum atomic E-state index is 11.4. The van der Waals surface area contributed by atoms with Crippen molar-refractivity contribution in [3.63, 3.8) is 0 Å². The maximum absolute atomic E-state index is 11.4. The Morgan fingerprint density at radius 1 is 1.10 bits per heavy atom. The van der Waals surface area contributed by atoms with Gasteiger partial charge in [0.25, 0.3) is 0 Å². The third kappa shape index (κ3) is 1.17. The first-order valence-electron chi connectivity index (χ1n) is 1.99. The third-order valence-corrected chi connectivity index (χ3v) is 0.734. The highest BCUT2D eigenvalue weighted by Crippen LogP contribution is 2.28. The minimum atomic E-state index is -5.21. The molecule has 0 saturated heterocycles. The van der Waals surface area contributed by atoms with Gasteiger partial charge in [-0.05, 0) is 0 Å². The average molecular weight is 150 g/mol. The molecule has 0 rings (SSSR count). The van der Waals surface area contributed by atoms with E-state index >= 15 is 0 Å². The fraction of sp³-hybridized carbons (Fsp3) is 0.500. The summed E-state index contributed by atoms with van der Waals surface area (Å²) in [6, 6.07) is 0.875. The van der Waals surface area contributed by atoms with Gasteiger partial charge in [-0.1, -0.05) is 0 Å². The molecule has 0 amide bonds. The third-order valence-electron chi connectivity index (χ3n) is 0.734. The zero-order valence-corrected chi connectivity index (χ0v) is 4.48. The number of alkyl halides is 3. The fourth-order valence-corrected chi connectivity index (χ4v) is 0.152. The van der Waals surface area contributed by atoms with Gasteiger partial charge in [0.1, 0.15) is 12.1 Å². The van der Waals surface area contributed by atoms with Crippen molar-refractivity contribution in [2.75, 3.05) is 0 Å². The molecule has 0 aliphatic carbocycles. The predicted molar refractivity (Wildman–Crippen MR) is 22.2 cm³/mol. The summed E-state index contributed by atoms with van der Waals surface area (Å²) in [5.41, 5.74) is -3.87. The van der Waals surface area contributed by atoms with Crippen molar-refractivity contribution in [1.82, 2.24) is 0 Å². The van der Waals surface area contributed by atoms with Gasteiger partial charge in [-0.15, -0.1) is 0 Å². The standard InChI is InChI=1S/C4HF3N2O/c5-4(6,7)3(10,1-8)2-9/h10H.